The van der Waals surface area contributed by atoms with Crippen molar-refractivity contribution in [3.63, 3.8) is 0 Å². The van der Waals surface area contributed by atoms with Gasteiger partial charge in [0.05, 0.1) is 19.8 Å². The zero-order valence-corrected chi connectivity index (χ0v) is 11.1. The Bertz CT molecular complexity index is 684. The molecule has 0 aliphatic rings. The second kappa shape index (κ2) is 5.82. The van der Waals surface area contributed by atoms with Crippen LogP contribution in [0.15, 0.2) is 24.3 Å². The Morgan fingerprint density at radius 1 is 1.10 bits per heavy atom. The van der Waals surface area contributed by atoms with Crippen molar-refractivity contribution in [2.75, 3.05) is 14.2 Å². The fourth-order valence-corrected chi connectivity index (χ4v) is 1.77. The Kier molecular flexibility index (Phi) is 4.11. The monoisotopic (exact) mass is 297 g/mol. The number of esters is 1. The molecule has 0 amide bonds. The van der Waals surface area contributed by atoms with E-state index in [9.17, 15) is 18.0 Å². The molecule has 21 heavy (non-hydrogen) atoms. The van der Waals surface area contributed by atoms with Gasteiger partial charge >= 0.3 is 5.97 Å². The summed E-state index contributed by atoms with van der Waals surface area (Å²) in [6.07, 6.45) is 0. The molecule has 0 spiro atoms. The Labute approximate surface area is 118 Å². The minimum atomic E-state index is -1.06. The molecule has 0 aliphatic carbocycles. The molecule has 1 heterocycles. The van der Waals surface area contributed by atoms with Gasteiger partial charge in [0.25, 0.3) is 0 Å². The highest BCUT2D eigenvalue weighted by Gasteiger charge is 2.23. The third kappa shape index (κ3) is 2.67. The van der Waals surface area contributed by atoms with Crippen LogP contribution in [0, 0.1) is 17.5 Å². The number of carbonyl (C=O) groups is 1. The first-order valence-corrected chi connectivity index (χ1v) is 5.76. The lowest BCUT2D eigenvalue weighted by atomic mass is 10.1. The van der Waals surface area contributed by atoms with Crippen molar-refractivity contribution in [2.45, 2.75) is 0 Å². The number of benzene rings is 1. The number of methoxy groups -OCH3 is 2. The quantitative estimate of drug-likeness (QED) is 0.817. The number of carbonyl (C=O) groups excluding carboxylic acids is 1. The minimum absolute atomic E-state index is 0.204. The van der Waals surface area contributed by atoms with Gasteiger partial charge in [0.1, 0.15) is 23.1 Å². The van der Waals surface area contributed by atoms with E-state index in [4.69, 9.17) is 4.74 Å². The van der Waals surface area contributed by atoms with Gasteiger partial charge in [-0.15, -0.1) is 0 Å². The lowest BCUT2D eigenvalue weighted by Crippen LogP contribution is -2.10. The molecule has 0 bridgehead atoms. The number of nitrogens with zero attached hydrogens (tertiary/aromatic N) is 1. The lowest BCUT2D eigenvalue weighted by Gasteiger charge is -2.11. The van der Waals surface area contributed by atoms with Gasteiger partial charge in [-0.3, -0.25) is 0 Å². The van der Waals surface area contributed by atoms with Crippen molar-refractivity contribution in [2.24, 2.45) is 0 Å². The van der Waals surface area contributed by atoms with Crippen molar-refractivity contribution in [1.82, 2.24) is 4.98 Å². The summed E-state index contributed by atoms with van der Waals surface area (Å²) in [5, 5.41) is 0. The predicted octanol–water partition coefficient (Wildman–Crippen LogP) is 2.96. The van der Waals surface area contributed by atoms with E-state index in [0.29, 0.717) is 0 Å². The van der Waals surface area contributed by atoms with Crippen molar-refractivity contribution >= 4 is 5.97 Å². The summed E-state index contributed by atoms with van der Waals surface area (Å²) in [6, 6.07) is 4.02. The van der Waals surface area contributed by atoms with Crippen molar-refractivity contribution < 1.29 is 27.4 Å². The molecule has 7 heteroatoms. The highest BCUT2D eigenvalue weighted by molar-refractivity contribution is 5.88. The highest BCUT2D eigenvalue weighted by Crippen LogP contribution is 2.33. The van der Waals surface area contributed by atoms with Crippen LogP contribution in [0.1, 0.15) is 10.5 Å². The molecule has 0 saturated carbocycles. The second-order valence-corrected chi connectivity index (χ2v) is 3.96. The molecule has 4 nitrogen and oxygen atoms in total. The number of pyridine rings is 1. The summed E-state index contributed by atoms with van der Waals surface area (Å²) in [7, 11) is 2.23. The molecule has 0 fully saturated rings. The van der Waals surface area contributed by atoms with Crippen LogP contribution in [0.3, 0.4) is 0 Å². The van der Waals surface area contributed by atoms with Crippen LogP contribution in [0.25, 0.3) is 11.3 Å². The van der Waals surface area contributed by atoms with Crippen LogP contribution >= 0.6 is 0 Å². The van der Waals surface area contributed by atoms with E-state index in [-0.39, 0.29) is 11.4 Å². The molecular formula is C14H10F3NO3. The van der Waals surface area contributed by atoms with E-state index in [1.54, 1.807) is 0 Å². The third-order valence-corrected chi connectivity index (χ3v) is 2.74. The standard InChI is InChI=1S/C14H10F3NO3/c1-20-10-6-9(17)12(14(19)21-2)18-13(10)11-7(15)4-3-5-8(11)16/h3-6H,1-2H3. The van der Waals surface area contributed by atoms with Crippen LogP contribution < -0.4 is 4.74 Å². The Hall–Kier alpha value is -2.57. The van der Waals surface area contributed by atoms with Crippen LogP contribution in [0.5, 0.6) is 5.75 Å². The summed E-state index contributed by atoms with van der Waals surface area (Å²) < 4.78 is 50.6. The van der Waals surface area contributed by atoms with E-state index >= 15 is 0 Å². The van der Waals surface area contributed by atoms with Gasteiger partial charge in [0, 0.05) is 6.07 Å². The van der Waals surface area contributed by atoms with E-state index in [2.05, 4.69) is 9.72 Å². The predicted molar refractivity (Wildman–Crippen MR) is 67.4 cm³/mol. The highest BCUT2D eigenvalue weighted by atomic mass is 19.1. The molecule has 0 saturated heterocycles. The van der Waals surface area contributed by atoms with Gasteiger partial charge < -0.3 is 9.47 Å². The summed E-state index contributed by atoms with van der Waals surface area (Å²) in [5.41, 5.74) is -1.52. The average molecular weight is 297 g/mol. The maximum atomic E-state index is 13.8. The molecule has 110 valence electrons. The molecule has 0 atom stereocenters. The maximum absolute atomic E-state index is 13.8. The largest absolute Gasteiger partial charge is 0.494 e. The van der Waals surface area contributed by atoms with Crippen molar-refractivity contribution in [1.29, 1.82) is 0 Å². The summed E-state index contributed by atoms with van der Waals surface area (Å²) in [5.74, 6) is -4.11. The molecular weight excluding hydrogens is 287 g/mol. The second-order valence-electron chi connectivity index (χ2n) is 3.96. The van der Waals surface area contributed by atoms with Gasteiger partial charge in [0.2, 0.25) is 0 Å². The summed E-state index contributed by atoms with van der Waals surface area (Å²) in [4.78, 5) is 15.1. The van der Waals surface area contributed by atoms with Crippen LogP contribution in [-0.2, 0) is 4.74 Å². The minimum Gasteiger partial charge on any atom is -0.494 e. The molecule has 0 N–H and O–H groups in total. The zero-order chi connectivity index (χ0) is 15.6. The number of ether oxygens (including phenoxy) is 2. The molecule has 2 rings (SSSR count). The molecule has 1 aromatic carbocycles. The molecule has 0 unspecified atom stereocenters. The topological polar surface area (TPSA) is 48.4 Å². The summed E-state index contributed by atoms with van der Waals surface area (Å²) >= 11 is 0. The fourth-order valence-electron chi connectivity index (χ4n) is 1.77. The van der Waals surface area contributed by atoms with Crippen molar-refractivity contribution in [3.05, 3.63) is 47.4 Å². The van der Waals surface area contributed by atoms with Crippen molar-refractivity contribution in [3.8, 4) is 17.0 Å². The summed E-state index contributed by atoms with van der Waals surface area (Å²) in [6.45, 7) is 0. The van der Waals surface area contributed by atoms with Gasteiger partial charge in [0.15, 0.2) is 11.5 Å². The third-order valence-electron chi connectivity index (χ3n) is 2.74. The first-order chi connectivity index (χ1) is 9.99. The smallest absolute Gasteiger partial charge is 0.359 e. The Morgan fingerprint density at radius 2 is 1.71 bits per heavy atom. The maximum Gasteiger partial charge on any atom is 0.359 e. The van der Waals surface area contributed by atoms with E-state index in [1.807, 2.05) is 0 Å². The van der Waals surface area contributed by atoms with Crippen LogP contribution in [-0.4, -0.2) is 25.2 Å². The van der Waals surface area contributed by atoms with Crippen LogP contribution in [0.2, 0.25) is 0 Å². The number of aromatic nitrogens is 1. The molecule has 0 radical (unpaired) electrons. The molecule has 1 aromatic heterocycles. The van der Waals surface area contributed by atoms with Gasteiger partial charge in [-0.05, 0) is 12.1 Å². The first-order valence-electron chi connectivity index (χ1n) is 5.76. The normalized spacial score (nSPS) is 10.3. The fraction of sp³-hybridized carbons (Fsp3) is 0.143. The van der Waals surface area contributed by atoms with E-state index < -0.39 is 34.7 Å². The number of rotatable bonds is 3. The van der Waals surface area contributed by atoms with E-state index in [1.165, 1.54) is 13.2 Å². The Balaban J connectivity index is 2.75. The Morgan fingerprint density at radius 3 is 2.24 bits per heavy atom. The SMILES string of the molecule is COC(=O)c1nc(-c2c(F)cccc2F)c(OC)cc1F. The molecule has 0 aliphatic heterocycles. The van der Waals surface area contributed by atoms with Gasteiger partial charge in [-0.1, -0.05) is 6.07 Å². The van der Waals surface area contributed by atoms with Crippen LogP contribution in [0.4, 0.5) is 13.2 Å². The number of halogens is 3. The van der Waals surface area contributed by atoms with Gasteiger partial charge in [-0.25, -0.2) is 22.9 Å². The zero-order valence-electron chi connectivity index (χ0n) is 11.1. The van der Waals surface area contributed by atoms with Gasteiger partial charge in [-0.2, -0.15) is 0 Å². The molecule has 2 aromatic rings. The lowest BCUT2D eigenvalue weighted by molar-refractivity contribution is 0.0588. The van der Waals surface area contributed by atoms with E-state index in [0.717, 1.165) is 25.3 Å². The average Bonchev–Trinajstić information content (AvgIpc) is 2.47. The first kappa shape index (κ1) is 14.8. The number of hydrogen-bond acceptors (Lipinski definition) is 4. The number of hydrogen-bond donors (Lipinski definition) is 0.